The van der Waals surface area contributed by atoms with Gasteiger partial charge in [0.2, 0.25) is 5.91 Å². The summed E-state index contributed by atoms with van der Waals surface area (Å²) in [4.78, 5) is 27.6. The summed E-state index contributed by atoms with van der Waals surface area (Å²) in [6, 6.07) is 5.65. The molecule has 2 N–H and O–H groups in total. The van der Waals surface area contributed by atoms with Gasteiger partial charge in [0.1, 0.15) is 0 Å². The van der Waals surface area contributed by atoms with Crippen LogP contribution in [0.5, 0.6) is 0 Å². The quantitative estimate of drug-likeness (QED) is 0.744. The van der Waals surface area contributed by atoms with Gasteiger partial charge in [0.05, 0.1) is 4.90 Å². The number of hydrogen-bond acceptors (Lipinski definition) is 7. The molecule has 1 aromatic heterocycles. The fourth-order valence-electron chi connectivity index (χ4n) is 3.13. The van der Waals surface area contributed by atoms with Crippen LogP contribution in [0, 0.1) is 11.8 Å². The molecule has 3 rings (SSSR count). The summed E-state index contributed by atoms with van der Waals surface area (Å²) in [5, 5.41) is 15.8. The number of sulfonamides is 1. The Morgan fingerprint density at radius 1 is 1.11 bits per heavy atom. The molecule has 1 amide bonds. The van der Waals surface area contributed by atoms with Crippen molar-refractivity contribution < 1.29 is 23.1 Å². The van der Waals surface area contributed by atoms with Crippen LogP contribution in [0.4, 0.5) is 10.8 Å². The van der Waals surface area contributed by atoms with Gasteiger partial charge >= 0.3 is 0 Å². The molecule has 0 spiro atoms. The Hall–Kier alpha value is -2.46. The third-order valence-electron chi connectivity index (χ3n) is 4.49. The first-order valence-electron chi connectivity index (χ1n) is 8.41. The lowest BCUT2D eigenvalue weighted by atomic mass is 9.78. The van der Waals surface area contributed by atoms with E-state index in [0.29, 0.717) is 18.5 Å². The van der Waals surface area contributed by atoms with Crippen molar-refractivity contribution in [3.8, 4) is 0 Å². The number of carboxylic acids is 1. The Morgan fingerprint density at radius 3 is 2.37 bits per heavy atom. The molecule has 0 radical (unpaired) electrons. The highest BCUT2D eigenvalue weighted by atomic mass is 32.2. The number of anilines is 2. The fourth-order valence-corrected chi connectivity index (χ4v) is 4.92. The van der Waals surface area contributed by atoms with Crippen molar-refractivity contribution in [3.05, 3.63) is 35.8 Å². The van der Waals surface area contributed by atoms with Crippen LogP contribution >= 0.6 is 11.3 Å². The van der Waals surface area contributed by atoms with E-state index in [0.717, 1.165) is 24.2 Å². The molecule has 1 saturated carbocycles. The molecule has 1 aromatic carbocycles. The molecule has 10 heteroatoms. The van der Waals surface area contributed by atoms with Gasteiger partial charge in [-0.15, -0.1) is 11.3 Å². The summed E-state index contributed by atoms with van der Waals surface area (Å²) < 4.78 is 27.0. The largest absolute Gasteiger partial charge is 0.550 e. The summed E-state index contributed by atoms with van der Waals surface area (Å²) >= 11 is 1.16. The van der Waals surface area contributed by atoms with Crippen LogP contribution in [0.15, 0.2) is 40.7 Å². The second kappa shape index (κ2) is 8.05. The van der Waals surface area contributed by atoms with Gasteiger partial charge in [-0.1, -0.05) is 12.8 Å². The number of carboxylic acid groups (broad SMARTS) is 1. The number of thiazole rings is 1. The number of nitrogens with zero attached hydrogens (tertiary/aromatic N) is 1. The molecule has 27 heavy (non-hydrogen) atoms. The highest BCUT2D eigenvalue weighted by molar-refractivity contribution is 7.93. The Bertz CT molecular complexity index is 911. The standard InChI is InChI=1S/C17H19N3O5S2/c21-15(13-3-1-2-4-14(13)16(22)23)19-11-5-7-12(8-6-11)27(24,25)20-17-18-9-10-26-17/h5-10,13-14H,1-4H2,(H,18,20)(H,19,21)(H,22,23)/p-1/t13-,14+/m0/s1. The van der Waals surface area contributed by atoms with Gasteiger partial charge in [0, 0.05) is 35.1 Å². The van der Waals surface area contributed by atoms with Gasteiger partial charge in [0.15, 0.2) is 5.13 Å². The van der Waals surface area contributed by atoms with E-state index < -0.39 is 27.8 Å². The highest BCUT2D eigenvalue weighted by Crippen LogP contribution is 2.31. The normalized spacial score (nSPS) is 20.0. The van der Waals surface area contributed by atoms with Crippen molar-refractivity contribution in [1.29, 1.82) is 0 Å². The number of carbonyl (C=O) groups is 2. The van der Waals surface area contributed by atoms with E-state index in [4.69, 9.17) is 0 Å². The lowest BCUT2D eigenvalue weighted by Gasteiger charge is -2.31. The van der Waals surface area contributed by atoms with E-state index in [1.807, 2.05) is 0 Å². The zero-order valence-electron chi connectivity index (χ0n) is 14.3. The van der Waals surface area contributed by atoms with Gasteiger partial charge in [-0.3, -0.25) is 9.52 Å². The minimum absolute atomic E-state index is 0.0287. The van der Waals surface area contributed by atoms with Crippen molar-refractivity contribution in [3.63, 3.8) is 0 Å². The van der Waals surface area contributed by atoms with E-state index in [9.17, 15) is 23.1 Å². The molecular weight excluding hydrogens is 390 g/mol. The average Bonchev–Trinajstić information content (AvgIpc) is 3.14. The van der Waals surface area contributed by atoms with Crippen molar-refractivity contribution in [2.45, 2.75) is 30.6 Å². The monoisotopic (exact) mass is 408 g/mol. The topological polar surface area (TPSA) is 128 Å². The Morgan fingerprint density at radius 2 is 1.78 bits per heavy atom. The van der Waals surface area contributed by atoms with Crippen molar-refractivity contribution in [1.82, 2.24) is 4.98 Å². The lowest BCUT2D eigenvalue weighted by molar-refractivity contribution is -0.313. The zero-order valence-corrected chi connectivity index (χ0v) is 15.9. The Kier molecular flexibility index (Phi) is 5.76. The molecule has 0 bridgehead atoms. The SMILES string of the molecule is O=C(Nc1ccc(S(=O)(=O)Nc2nccs2)cc1)[C@H]1CCCC[C@H]1C(=O)[O-]. The summed E-state index contributed by atoms with van der Waals surface area (Å²) in [6.45, 7) is 0. The highest BCUT2D eigenvalue weighted by Gasteiger charge is 2.31. The van der Waals surface area contributed by atoms with Crippen LogP contribution in [-0.2, 0) is 19.6 Å². The molecule has 1 aliphatic carbocycles. The summed E-state index contributed by atoms with van der Waals surface area (Å²) in [7, 11) is -3.77. The van der Waals surface area contributed by atoms with E-state index >= 15 is 0 Å². The van der Waals surface area contributed by atoms with Crippen LogP contribution in [0.3, 0.4) is 0 Å². The number of amides is 1. The van der Waals surface area contributed by atoms with Crippen LogP contribution in [0.1, 0.15) is 25.7 Å². The van der Waals surface area contributed by atoms with Crippen molar-refractivity contribution in [2.75, 3.05) is 10.0 Å². The first kappa shape index (κ1) is 19.3. The van der Waals surface area contributed by atoms with Gasteiger partial charge in [-0.05, 0) is 37.1 Å². The second-order valence-corrected chi connectivity index (χ2v) is 8.85. The number of hydrogen-bond donors (Lipinski definition) is 2. The molecule has 0 aliphatic heterocycles. The number of nitrogens with one attached hydrogen (secondary N) is 2. The molecule has 2 aromatic rings. The van der Waals surface area contributed by atoms with Crippen LogP contribution < -0.4 is 15.1 Å². The van der Waals surface area contributed by atoms with E-state index in [2.05, 4.69) is 15.0 Å². The van der Waals surface area contributed by atoms with Crippen LogP contribution in [-0.4, -0.2) is 25.3 Å². The summed E-state index contributed by atoms with van der Waals surface area (Å²) in [5.41, 5.74) is 0.399. The molecule has 1 fully saturated rings. The smallest absolute Gasteiger partial charge is 0.263 e. The molecule has 1 aliphatic rings. The minimum Gasteiger partial charge on any atom is -0.550 e. The maximum atomic E-state index is 12.4. The fraction of sp³-hybridized carbons (Fsp3) is 0.353. The number of benzene rings is 1. The van der Waals surface area contributed by atoms with Crippen LogP contribution in [0.25, 0.3) is 0 Å². The molecule has 144 valence electrons. The number of carbonyl (C=O) groups excluding carboxylic acids is 2. The minimum atomic E-state index is -3.77. The number of aromatic nitrogens is 1. The van der Waals surface area contributed by atoms with Gasteiger partial charge in [-0.2, -0.15) is 0 Å². The summed E-state index contributed by atoms with van der Waals surface area (Å²) in [6.07, 6.45) is 3.98. The molecular formula is C17H18N3O5S2-. The van der Waals surface area contributed by atoms with Crippen molar-refractivity contribution >= 4 is 44.1 Å². The third-order valence-corrected chi connectivity index (χ3v) is 6.66. The van der Waals surface area contributed by atoms with E-state index in [1.165, 1.54) is 30.5 Å². The third kappa shape index (κ3) is 4.64. The predicted octanol–water partition coefficient (Wildman–Crippen LogP) is 1.44. The van der Waals surface area contributed by atoms with E-state index in [-0.39, 0.29) is 15.9 Å². The molecule has 1 heterocycles. The van der Waals surface area contributed by atoms with Crippen molar-refractivity contribution in [2.24, 2.45) is 11.8 Å². The second-order valence-electron chi connectivity index (χ2n) is 6.27. The van der Waals surface area contributed by atoms with Crippen LogP contribution in [0.2, 0.25) is 0 Å². The van der Waals surface area contributed by atoms with Gasteiger partial charge in [-0.25, -0.2) is 13.4 Å². The molecule has 0 unspecified atom stereocenters. The van der Waals surface area contributed by atoms with Gasteiger partial charge < -0.3 is 15.2 Å². The molecule has 2 atom stereocenters. The Labute approximate surface area is 160 Å². The molecule has 0 saturated heterocycles. The Balaban J connectivity index is 1.68. The van der Waals surface area contributed by atoms with Gasteiger partial charge in [0.25, 0.3) is 10.0 Å². The number of aliphatic carboxylic acids is 1. The average molecular weight is 408 g/mol. The first-order chi connectivity index (χ1) is 12.9. The molecule has 8 nitrogen and oxygen atoms in total. The number of rotatable bonds is 6. The lowest BCUT2D eigenvalue weighted by Crippen LogP contribution is -2.42. The maximum absolute atomic E-state index is 12.4. The zero-order chi connectivity index (χ0) is 19.4. The predicted molar refractivity (Wildman–Crippen MR) is 98.4 cm³/mol. The maximum Gasteiger partial charge on any atom is 0.263 e. The first-order valence-corrected chi connectivity index (χ1v) is 10.8. The summed E-state index contributed by atoms with van der Waals surface area (Å²) in [5.74, 6) is -3.02. The van der Waals surface area contributed by atoms with E-state index in [1.54, 1.807) is 5.38 Å².